The van der Waals surface area contributed by atoms with Gasteiger partial charge >= 0.3 is 12.1 Å². The van der Waals surface area contributed by atoms with Gasteiger partial charge in [0.15, 0.2) is 11.6 Å². The van der Waals surface area contributed by atoms with E-state index in [-0.39, 0.29) is 6.07 Å². The van der Waals surface area contributed by atoms with E-state index in [0.29, 0.717) is 12.1 Å². The minimum Gasteiger partial charge on any atom is -0.319 e. The van der Waals surface area contributed by atoms with Crippen molar-refractivity contribution in [2.75, 3.05) is 0 Å². The third-order valence-electron chi connectivity index (χ3n) is 2.07. The highest BCUT2D eigenvalue weighted by Crippen LogP contribution is 2.43. The Morgan fingerprint density at radius 3 is 1.88 bits per heavy atom. The SMILES string of the molecule is N[C@@H](c1ccc(F)c(F)c1)C(F)(F)C(F)(F)F. The molecular weight excluding hydrogens is 255 g/mol. The molecule has 0 aromatic heterocycles. The number of benzene rings is 1. The number of hydrogen-bond acceptors (Lipinski definition) is 1. The monoisotopic (exact) mass is 261 g/mol. The molecule has 0 saturated carbocycles. The molecule has 1 aromatic rings. The summed E-state index contributed by atoms with van der Waals surface area (Å²) < 4.78 is 86.5. The first-order chi connectivity index (χ1) is 7.57. The maximum atomic E-state index is 12.8. The topological polar surface area (TPSA) is 26.0 Å². The van der Waals surface area contributed by atoms with Crippen molar-refractivity contribution in [2.24, 2.45) is 5.73 Å². The largest absolute Gasteiger partial charge is 0.455 e. The van der Waals surface area contributed by atoms with E-state index in [2.05, 4.69) is 0 Å². The molecule has 0 aliphatic rings. The Kier molecular flexibility index (Phi) is 3.37. The van der Waals surface area contributed by atoms with Crippen molar-refractivity contribution in [3.63, 3.8) is 0 Å². The van der Waals surface area contributed by atoms with Crippen molar-refractivity contribution in [3.8, 4) is 0 Å². The molecule has 1 aromatic carbocycles. The molecule has 0 spiro atoms. The molecule has 0 amide bonds. The summed E-state index contributed by atoms with van der Waals surface area (Å²) in [5.74, 6) is -8.13. The number of nitrogens with two attached hydrogens (primary N) is 1. The number of hydrogen-bond donors (Lipinski definition) is 1. The van der Waals surface area contributed by atoms with Crippen LogP contribution < -0.4 is 5.73 Å². The zero-order valence-corrected chi connectivity index (χ0v) is 8.03. The lowest BCUT2D eigenvalue weighted by molar-refractivity contribution is -0.291. The predicted molar refractivity (Wildman–Crippen MR) is 44.3 cm³/mol. The highest BCUT2D eigenvalue weighted by Gasteiger charge is 2.61. The number of rotatable bonds is 2. The van der Waals surface area contributed by atoms with Crippen molar-refractivity contribution in [2.45, 2.75) is 18.1 Å². The van der Waals surface area contributed by atoms with Crippen molar-refractivity contribution < 1.29 is 30.7 Å². The fraction of sp³-hybridized carbons (Fsp3) is 0.333. The van der Waals surface area contributed by atoms with E-state index in [1.807, 2.05) is 0 Å². The lowest BCUT2D eigenvalue weighted by Gasteiger charge is -2.25. The summed E-state index contributed by atoms with van der Waals surface area (Å²) in [5.41, 5.74) is 3.88. The quantitative estimate of drug-likeness (QED) is 0.813. The van der Waals surface area contributed by atoms with Gasteiger partial charge in [-0.2, -0.15) is 22.0 Å². The average molecular weight is 261 g/mol. The van der Waals surface area contributed by atoms with E-state index in [0.717, 1.165) is 0 Å². The van der Waals surface area contributed by atoms with Gasteiger partial charge in [0.25, 0.3) is 0 Å². The van der Waals surface area contributed by atoms with Gasteiger partial charge in [-0.25, -0.2) is 8.78 Å². The van der Waals surface area contributed by atoms with Crippen molar-refractivity contribution in [3.05, 3.63) is 35.4 Å². The van der Waals surface area contributed by atoms with Gasteiger partial charge in [0, 0.05) is 0 Å². The lowest BCUT2D eigenvalue weighted by Crippen LogP contribution is -2.45. The van der Waals surface area contributed by atoms with Gasteiger partial charge < -0.3 is 5.73 Å². The molecular formula is C9H6F7N. The van der Waals surface area contributed by atoms with Crippen LogP contribution in [0.3, 0.4) is 0 Å². The fourth-order valence-corrected chi connectivity index (χ4v) is 1.09. The van der Waals surface area contributed by atoms with Crippen LogP contribution in [0.5, 0.6) is 0 Å². The van der Waals surface area contributed by atoms with Crippen LogP contribution in [0.15, 0.2) is 18.2 Å². The van der Waals surface area contributed by atoms with Crippen LogP contribution in [0.2, 0.25) is 0 Å². The smallest absolute Gasteiger partial charge is 0.319 e. The van der Waals surface area contributed by atoms with Gasteiger partial charge in [0.1, 0.15) is 6.04 Å². The molecule has 0 unspecified atom stereocenters. The van der Waals surface area contributed by atoms with Gasteiger partial charge in [0.05, 0.1) is 0 Å². The second-order valence-corrected chi connectivity index (χ2v) is 3.27. The van der Waals surface area contributed by atoms with E-state index in [1.165, 1.54) is 0 Å². The van der Waals surface area contributed by atoms with Gasteiger partial charge in [-0.05, 0) is 17.7 Å². The fourth-order valence-electron chi connectivity index (χ4n) is 1.09. The van der Waals surface area contributed by atoms with Crippen LogP contribution in [0, 0.1) is 11.6 Å². The third kappa shape index (κ3) is 2.51. The minimum absolute atomic E-state index is 0.208. The highest BCUT2D eigenvalue weighted by atomic mass is 19.4. The zero-order valence-electron chi connectivity index (χ0n) is 8.03. The Bertz CT molecular complexity index is 412. The molecule has 0 heterocycles. The molecule has 2 N–H and O–H groups in total. The van der Waals surface area contributed by atoms with E-state index < -0.39 is 35.3 Å². The molecule has 8 heteroatoms. The Morgan fingerprint density at radius 1 is 0.941 bits per heavy atom. The second-order valence-electron chi connectivity index (χ2n) is 3.27. The van der Waals surface area contributed by atoms with Crippen LogP contribution in [0.4, 0.5) is 30.7 Å². The zero-order chi connectivity index (χ0) is 13.4. The molecule has 0 radical (unpaired) electrons. The first-order valence-corrected chi connectivity index (χ1v) is 4.22. The summed E-state index contributed by atoms with van der Waals surface area (Å²) in [5, 5.41) is 0. The van der Waals surface area contributed by atoms with Crippen LogP contribution in [0.1, 0.15) is 11.6 Å². The molecule has 1 rings (SSSR count). The van der Waals surface area contributed by atoms with Crippen molar-refractivity contribution >= 4 is 0 Å². The lowest BCUT2D eigenvalue weighted by atomic mass is 10.0. The van der Waals surface area contributed by atoms with E-state index in [9.17, 15) is 30.7 Å². The summed E-state index contributed by atoms with van der Waals surface area (Å²) in [6.45, 7) is 0. The van der Waals surface area contributed by atoms with Gasteiger partial charge in [-0.15, -0.1) is 0 Å². The number of halogens is 7. The molecule has 17 heavy (non-hydrogen) atoms. The Balaban J connectivity index is 3.12. The maximum absolute atomic E-state index is 12.8. The molecule has 0 aliphatic carbocycles. The molecule has 0 bridgehead atoms. The van der Waals surface area contributed by atoms with Gasteiger partial charge in [-0.3, -0.25) is 0 Å². The van der Waals surface area contributed by atoms with Crippen LogP contribution in [-0.4, -0.2) is 12.1 Å². The molecule has 1 atom stereocenters. The molecule has 0 fully saturated rings. The van der Waals surface area contributed by atoms with Gasteiger partial charge in [-0.1, -0.05) is 6.07 Å². The van der Waals surface area contributed by atoms with Crippen molar-refractivity contribution in [1.82, 2.24) is 0 Å². The summed E-state index contributed by atoms with van der Waals surface area (Å²) in [4.78, 5) is 0. The minimum atomic E-state index is -5.86. The molecule has 96 valence electrons. The third-order valence-corrected chi connectivity index (χ3v) is 2.07. The van der Waals surface area contributed by atoms with Crippen molar-refractivity contribution in [1.29, 1.82) is 0 Å². The average Bonchev–Trinajstić information content (AvgIpc) is 2.19. The van der Waals surface area contributed by atoms with Crippen LogP contribution in [0.25, 0.3) is 0 Å². The summed E-state index contributed by atoms with van der Waals surface area (Å²) in [7, 11) is 0. The number of alkyl halides is 5. The van der Waals surface area contributed by atoms with E-state index >= 15 is 0 Å². The first-order valence-electron chi connectivity index (χ1n) is 4.22. The van der Waals surface area contributed by atoms with Crippen LogP contribution >= 0.6 is 0 Å². The highest BCUT2D eigenvalue weighted by molar-refractivity contribution is 5.23. The summed E-state index contributed by atoms with van der Waals surface area (Å²) in [6, 6.07) is -1.59. The van der Waals surface area contributed by atoms with Gasteiger partial charge in [0.2, 0.25) is 0 Å². The standard InChI is InChI=1S/C9H6F7N/c10-5-2-1-4(3-6(5)11)7(17)8(12,13)9(14,15)16/h1-3,7H,17H2/t7-/m0/s1. The Labute approximate surface area is 91.0 Å². The predicted octanol–water partition coefficient (Wildman–Crippen LogP) is 3.16. The van der Waals surface area contributed by atoms with Crippen LogP contribution in [-0.2, 0) is 0 Å². The molecule has 1 nitrogen and oxygen atoms in total. The molecule has 0 saturated heterocycles. The summed E-state index contributed by atoms with van der Waals surface area (Å²) in [6.07, 6.45) is -5.86. The first kappa shape index (κ1) is 13.8. The second kappa shape index (κ2) is 4.17. The summed E-state index contributed by atoms with van der Waals surface area (Å²) >= 11 is 0. The normalized spacial score (nSPS) is 14.8. The molecule has 0 aliphatic heterocycles. The Morgan fingerprint density at radius 2 is 1.47 bits per heavy atom. The van der Waals surface area contributed by atoms with E-state index in [1.54, 1.807) is 0 Å². The van der Waals surface area contributed by atoms with E-state index in [4.69, 9.17) is 5.73 Å². The maximum Gasteiger partial charge on any atom is 0.455 e. The Hall–Kier alpha value is -1.31.